The Morgan fingerprint density at radius 3 is 2.54 bits per heavy atom. The maximum atomic E-state index is 13.9. The van der Waals surface area contributed by atoms with Crippen LogP contribution < -0.4 is 24.4 Å². The number of nitrogens with zero attached hydrogens (tertiary/aromatic N) is 2. The van der Waals surface area contributed by atoms with Crippen LogP contribution in [0.5, 0.6) is 11.5 Å². The van der Waals surface area contributed by atoms with Gasteiger partial charge in [-0.3, -0.25) is 9.36 Å². The molecule has 1 aromatic heterocycles. The van der Waals surface area contributed by atoms with Gasteiger partial charge in [0.05, 0.1) is 36.1 Å². The highest BCUT2D eigenvalue weighted by Gasteiger charge is 2.33. The number of rotatable bonds is 8. The van der Waals surface area contributed by atoms with Gasteiger partial charge >= 0.3 is 5.97 Å². The van der Waals surface area contributed by atoms with Crippen molar-refractivity contribution in [3.63, 3.8) is 0 Å². The number of ether oxygens (including phenoxy) is 3. The summed E-state index contributed by atoms with van der Waals surface area (Å²) in [7, 11) is 2.93. The van der Waals surface area contributed by atoms with Crippen molar-refractivity contribution >= 4 is 39.3 Å². The molecule has 0 amide bonds. The van der Waals surface area contributed by atoms with Crippen LogP contribution in [0.1, 0.15) is 41.6 Å². The molecule has 0 N–H and O–H groups in total. The largest absolute Gasteiger partial charge is 0.493 e. The van der Waals surface area contributed by atoms with E-state index in [1.165, 1.54) is 18.4 Å². The number of allylic oxidation sites excluding steroid dienone is 1. The molecule has 0 radical (unpaired) electrons. The first-order valence-electron chi connectivity index (χ1n) is 13.1. The molecule has 4 aromatic rings. The molecule has 2 heterocycles. The third-order valence-corrected chi connectivity index (χ3v) is 8.48. The summed E-state index contributed by atoms with van der Waals surface area (Å²) in [5.41, 5.74) is 4.50. The Morgan fingerprint density at radius 1 is 1.07 bits per heavy atom. The van der Waals surface area contributed by atoms with Crippen molar-refractivity contribution in [3.8, 4) is 11.5 Å². The van der Waals surface area contributed by atoms with Crippen LogP contribution in [0.3, 0.4) is 0 Å². The first kappa shape index (κ1) is 28.6. The number of carbonyl (C=O) groups excluding carboxylic acids is 1. The lowest BCUT2D eigenvalue weighted by Crippen LogP contribution is -2.40. The van der Waals surface area contributed by atoms with Gasteiger partial charge in [-0.15, -0.1) is 0 Å². The number of aryl methyl sites for hydroxylation is 1. The fourth-order valence-electron chi connectivity index (χ4n) is 4.85. The van der Waals surface area contributed by atoms with E-state index in [1.807, 2.05) is 74.5 Å². The number of fused-ring (bicyclic) bond motifs is 1. The van der Waals surface area contributed by atoms with Crippen molar-refractivity contribution in [2.45, 2.75) is 32.9 Å². The molecule has 0 saturated heterocycles. The zero-order chi connectivity index (χ0) is 29.1. The number of hydrogen-bond acceptors (Lipinski definition) is 7. The highest BCUT2D eigenvalue weighted by molar-refractivity contribution is 9.10. The summed E-state index contributed by atoms with van der Waals surface area (Å²) in [4.78, 5) is 32.1. The lowest BCUT2D eigenvalue weighted by atomic mass is 9.95. The summed E-state index contributed by atoms with van der Waals surface area (Å²) in [5, 5.41) is 0. The molecule has 0 bridgehead atoms. The van der Waals surface area contributed by atoms with E-state index >= 15 is 0 Å². The monoisotopic (exact) mass is 632 g/mol. The molecule has 5 rings (SSSR count). The Balaban J connectivity index is 1.59. The van der Waals surface area contributed by atoms with Crippen LogP contribution in [0.25, 0.3) is 6.08 Å². The SMILES string of the molecule is CCC1=C(C(=O)OC)[C@H](c2ccccc2)n2c(s/c(=C\c3cc(OC)c(OCc4cccc(C)c4)cc3Br)c2=O)=N1. The van der Waals surface area contributed by atoms with Crippen LogP contribution in [0, 0.1) is 6.92 Å². The molecule has 1 aliphatic heterocycles. The zero-order valence-electron chi connectivity index (χ0n) is 23.1. The Bertz CT molecular complexity index is 1820. The predicted molar refractivity (Wildman–Crippen MR) is 163 cm³/mol. The molecule has 1 aliphatic rings. The number of hydrogen-bond donors (Lipinski definition) is 0. The molecule has 0 unspecified atom stereocenters. The third kappa shape index (κ3) is 5.78. The number of thiazole rings is 1. The maximum Gasteiger partial charge on any atom is 0.338 e. The van der Waals surface area contributed by atoms with E-state index in [1.54, 1.807) is 17.8 Å². The standard InChI is InChI=1S/C32H29BrN2O5S/c1-5-24-28(31(37)39-4)29(21-12-7-6-8-13-21)35-30(36)27(41-32(35)34-24)16-22-15-25(38-3)26(17-23(22)33)40-18-20-11-9-10-19(2)14-20/h6-17,29H,5,18H2,1-4H3/b27-16-/t29-/m0/s1. The fraction of sp³-hybridized carbons (Fsp3) is 0.219. The number of halogens is 1. The summed E-state index contributed by atoms with van der Waals surface area (Å²) in [6.07, 6.45) is 2.32. The molecular weight excluding hydrogens is 604 g/mol. The molecule has 210 valence electrons. The first-order valence-corrected chi connectivity index (χ1v) is 14.7. The number of aromatic nitrogens is 1. The second kappa shape index (κ2) is 12.3. The minimum atomic E-state index is -0.646. The average Bonchev–Trinajstić information content (AvgIpc) is 3.30. The van der Waals surface area contributed by atoms with Gasteiger partial charge in [0, 0.05) is 4.47 Å². The quantitative estimate of drug-likeness (QED) is 0.241. The van der Waals surface area contributed by atoms with E-state index in [0.717, 1.165) is 26.7 Å². The second-order valence-corrected chi connectivity index (χ2v) is 11.4. The highest BCUT2D eigenvalue weighted by atomic mass is 79.9. The van der Waals surface area contributed by atoms with Gasteiger partial charge in [-0.05, 0) is 48.2 Å². The van der Waals surface area contributed by atoms with Crippen molar-refractivity contribution in [3.05, 3.63) is 124 Å². The number of carbonyl (C=O) groups is 1. The topological polar surface area (TPSA) is 79.1 Å². The Labute approximate surface area is 250 Å². The highest BCUT2D eigenvalue weighted by Crippen LogP contribution is 2.35. The van der Waals surface area contributed by atoms with Gasteiger partial charge in [0.25, 0.3) is 5.56 Å². The molecule has 9 heteroatoms. The van der Waals surface area contributed by atoms with Crippen LogP contribution >= 0.6 is 27.3 Å². The van der Waals surface area contributed by atoms with E-state index in [2.05, 4.69) is 22.0 Å². The van der Waals surface area contributed by atoms with Gasteiger partial charge in [-0.2, -0.15) is 0 Å². The summed E-state index contributed by atoms with van der Waals surface area (Å²) >= 11 is 4.93. The lowest BCUT2D eigenvalue weighted by molar-refractivity contribution is -0.136. The van der Waals surface area contributed by atoms with Crippen LogP contribution in [0.4, 0.5) is 0 Å². The summed E-state index contributed by atoms with van der Waals surface area (Å²) < 4.78 is 19.6. The van der Waals surface area contributed by atoms with Crippen molar-refractivity contribution in [1.82, 2.24) is 4.57 Å². The zero-order valence-corrected chi connectivity index (χ0v) is 25.5. The molecular formula is C32H29BrN2O5S. The van der Waals surface area contributed by atoms with Gasteiger partial charge in [-0.1, -0.05) is 94.4 Å². The number of methoxy groups -OCH3 is 2. The van der Waals surface area contributed by atoms with Crippen molar-refractivity contribution in [1.29, 1.82) is 0 Å². The number of esters is 1. The van der Waals surface area contributed by atoms with E-state index < -0.39 is 12.0 Å². The van der Waals surface area contributed by atoms with Gasteiger partial charge in [0.1, 0.15) is 6.61 Å². The molecule has 3 aromatic carbocycles. The summed E-state index contributed by atoms with van der Waals surface area (Å²) in [5.74, 6) is 0.629. The number of benzene rings is 3. The van der Waals surface area contributed by atoms with Crippen LogP contribution in [0.2, 0.25) is 0 Å². The molecule has 0 fully saturated rings. The van der Waals surface area contributed by atoms with Gasteiger partial charge < -0.3 is 14.2 Å². The summed E-state index contributed by atoms with van der Waals surface area (Å²) in [6.45, 7) is 4.37. The molecule has 1 atom stereocenters. The van der Waals surface area contributed by atoms with Crippen molar-refractivity contribution < 1.29 is 19.0 Å². The Kier molecular flexibility index (Phi) is 8.56. The van der Waals surface area contributed by atoms with Crippen LogP contribution in [0.15, 0.2) is 92.3 Å². The van der Waals surface area contributed by atoms with Crippen molar-refractivity contribution in [2.75, 3.05) is 14.2 Å². The minimum absolute atomic E-state index is 0.246. The van der Waals surface area contributed by atoms with E-state index in [9.17, 15) is 9.59 Å². The smallest absolute Gasteiger partial charge is 0.338 e. The van der Waals surface area contributed by atoms with E-state index in [-0.39, 0.29) is 5.56 Å². The maximum absolute atomic E-state index is 13.9. The molecule has 7 nitrogen and oxygen atoms in total. The third-order valence-electron chi connectivity index (χ3n) is 6.81. The minimum Gasteiger partial charge on any atom is -0.493 e. The molecule has 0 aliphatic carbocycles. The van der Waals surface area contributed by atoms with Crippen LogP contribution in [-0.4, -0.2) is 24.8 Å². The van der Waals surface area contributed by atoms with Crippen LogP contribution in [-0.2, 0) is 16.1 Å². The van der Waals surface area contributed by atoms with E-state index in [0.29, 0.717) is 45.1 Å². The van der Waals surface area contributed by atoms with E-state index in [4.69, 9.17) is 19.2 Å². The molecule has 0 saturated carbocycles. The predicted octanol–water partition coefficient (Wildman–Crippen LogP) is 5.46. The second-order valence-electron chi connectivity index (χ2n) is 9.50. The summed E-state index contributed by atoms with van der Waals surface area (Å²) in [6, 6.07) is 20.6. The first-order chi connectivity index (χ1) is 19.8. The van der Waals surface area contributed by atoms with Gasteiger partial charge in [-0.25, -0.2) is 9.79 Å². The lowest BCUT2D eigenvalue weighted by Gasteiger charge is -2.25. The average molecular weight is 634 g/mol. The van der Waals surface area contributed by atoms with Gasteiger partial charge in [0.2, 0.25) is 0 Å². The normalized spacial score (nSPS) is 14.9. The molecule has 41 heavy (non-hydrogen) atoms. The van der Waals surface area contributed by atoms with Crippen molar-refractivity contribution in [2.24, 2.45) is 4.99 Å². The Hall–Kier alpha value is -3.95. The molecule has 0 spiro atoms. The Morgan fingerprint density at radius 2 is 1.85 bits per heavy atom. The fourth-order valence-corrected chi connectivity index (χ4v) is 6.30. The van der Waals surface area contributed by atoms with Gasteiger partial charge in [0.15, 0.2) is 16.3 Å².